The molecule has 0 saturated carbocycles. The molecule has 5 nitrogen and oxygen atoms in total. The van der Waals surface area contributed by atoms with Crippen molar-refractivity contribution in [3.05, 3.63) is 84.4 Å². The van der Waals surface area contributed by atoms with Gasteiger partial charge in [0.1, 0.15) is 0 Å². The molecular formula is C19H15NO4S. The molecule has 0 saturated heterocycles. The molecular weight excluding hydrogens is 338 g/mol. The van der Waals surface area contributed by atoms with Gasteiger partial charge in [-0.15, -0.1) is 0 Å². The van der Waals surface area contributed by atoms with E-state index >= 15 is 0 Å². The van der Waals surface area contributed by atoms with E-state index in [1.807, 2.05) is 36.4 Å². The van der Waals surface area contributed by atoms with Gasteiger partial charge in [-0.3, -0.25) is 4.72 Å². The van der Waals surface area contributed by atoms with Crippen molar-refractivity contribution in [1.29, 1.82) is 0 Å². The lowest BCUT2D eigenvalue weighted by molar-refractivity contribution is 0.0697. The number of nitrogens with one attached hydrogen (secondary N) is 1. The third-order valence-corrected chi connectivity index (χ3v) is 4.99. The van der Waals surface area contributed by atoms with Crippen LogP contribution in [0.15, 0.2) is 83.8 Å². The highest BCUT2D eigenvalue weighted by atomic mass is 32.2. The minimum Gasteiger partial charge on any atom is -0.478 e. The number of benzene rings is 3. The highest BCUT2D eigenvalue weighted by molar-refractivity contribution is 7.92. The van der Waals surface area contributed by atoms with E-state index in [1.54, 1.807) is 12.1 Å². The van der Waals surface area contributed by atoms with Gasteiger partial charge in [0, 0.05) is 5.69 Å². The fourth-order valence-corrected chi connectivity index (χ4v) is 3.50. The van der Waals surface area contributed by atoms with Gasteiger partial charge in [-0.05, 0) is 41.5 Å². The first-order valence-electron chi connectivity index (χ1n) is 7.47. The molecule has 0 atom stereocenters. The zero-order chi connectivity index (χ0) is 17.9. The molecule has 6 heteroatoms. The van der Waals surface area contributed by atoms with E-state index in [-0.39, 0.29) is 16.1 Å². The van der Waals surface area contributed by atoms with Crippen molar-refractivity contribution in [1.82, 2.24) is 0 Å². The van der Waals surface area contributed by atoms with Gasteiger partial charge < -0.3 is 5.11 Å². The van der Waals surface area contributed by atoms with Crippen LogP contribution >= 0.6 is 0 Å². The number of rotatable bonds is 5. The zero-order valence-electron chi connectivity index (χ0n) is 13.1. The van der Waals surface area contributed by atoms with Crippen molar-refractivity contribution in [2.45, 2.75) is 4.90 Å². The fourth-order valence-electron chi connectivity index (χ4n) is 2.40. The molecule has 0 aliphatic heterocycles. The fraction of sp³-hybridized carbons (Fsp3) is 0. The van der Waals surface area contributed by atoms with E-state index < -0.39 is 16.0 Å². The number of hydrogen-bond acceptors (Lipinski definition) is 3. The van der Waals surface area contributed by atoms with Gasteiger partial charge in [-0.1, -0.05) is 48.5 Å². The van der Waals surface area contributed by atoms with Crippen LogP contribution in [0.5, 0.6) is 0 Å². The summed E-state index contributed by atoms with van der Waals surface area (Å²) in [7, 11) is -3.83. The molecule has 3 rings (SSSR count). The van der Waals surface area contributed by atoms with Crippen molar-refractivity contribution >= 4 is 21.7 Å². The summed E-state index contributed by atoms with van der Waals surface area (Å²) in [5.74, 6) is -1.12. The molecule has 3 aromatic carbocycles. The minimum atomic E-state index is -3.83. The van der Waals surface area contributed by atoms with Crippen LogP contribution in [-0.2, 0) is 10.0 Å². The van der Waals surface area contributed by atoms with Gasteiger partial charge in [-0.25, -0.2) is 13.2 Å². The Morgan fingerprint density at radius 2 is 1.48 bits per heavy atom. The van der Waals surface area contributed by atoms with Crippen LogP contribution in [-0.4, -0.2) is 19.5 Å². The summed E-state index contributed by atoms with van der Waals surface area (Å²) in [4.78, 5) is 11.1. The normalized spacial score (nSPS) is 11.0. The Morgan fingerprint density at radius 1 is 0.800 bits per heavy atom. The van der Waals surface area contributed by atoms with Crippen LogP contribution in [0, 0.1) is 0 Å². The van der Waals surface area contributed by atoms with Crippen LogP contribution in [0.3, 0.4) is 0 Å². The molecule has 126 valence electrons. The minimum absolute atomic E-state index is 0.0123. The molecule has 0 radical (unpaired) electrons. The monoisotopic (exact) mass is 353 g/mol. The highest BCUT2D eigenvalue weighted by Crippen LogP contribution is 2.24. The summed E-state index contributed by atoms with van der Waals surface area (Å²) >= 11 is 0. The lowest BCUT2D eigenvalue weighted by Gasteiger charge is -2.10. The average Bonchev–Trinajstić information content (AvgIpc) is 2.62. The van der Waals surface area contributed by atoms with Crippen molar-refractivity contribution in [3.63, 3.8) is 0 Å². The molecule has 0 unspecified atom stereocenters. The molecule has 0 fully saturated rings. The first kappa shape index (κ1) is 16.7. The molecule has 0 aliphatic rings. The van der Waals surface area contributed by atoms with Gasteiger partial charge in [0.15, 0.2) is 0 Å². The molecule has 2 N–H and O–H groups in total. The number of carboxylic acids is 1. The van der Waals surface area contributed by atoms with Crippen molar-refractivity contribution in [2.75, 3.05) is 4.72 Å². The first-order valence-corrected chi connectivity index (χ1v) is 8.96. The van der Waals surface area contributed by atoms with Crippen LogP contribution in [0.1, 0.15) is 10.4 Å². The Morgan fingerprint density at radius 3 is 2.20 bits per heavy atom. The molecule has 0 spiro atoms. The quantitative estimate of drug-likeness (QED) is 0.730. The van der Waals surface area contributed by atoms with Crippen molar-refractivity contribution in [2.24, 2.45) is 0 Å². The van der Waals surface area contributed by atoms with E-state index in [1.165, 1.54) is 30.3 Å². The Kier molecular flexibility index (Phi) is 4.54. The number of sulfonamides is 1. The maximum Gasteiger partial charge on any atom is 0.335 e. The molecule has 0 amide bonds. The van der Waals surface area contributed by atoms with E-state index in [0.717, 1.165) is 11.1 Å². The Balaban J connectivity index is 1.93. The predicted octanol–water partition coefficient (Wildman–Crippen LogP) is 3.85. The smallest absolute Gasteiger partial charge is 0.335 e. The van der Waals surface area contributed by atoms with E-state index in [2.05, 4.69) is 4.72 Å². The van der Waals surface area contributed by atoms with Gasteiger partial charge in [0.2, 0.25) is 0 Å². The second kappa shape index (κ2) is 6.78. The summed E-state index contributed by atoms with van der Waals surface area (Å²) in [5.41, 5.74) is 1.90. The first-order chi connectivity index (χ1) is 12.0. The Bertz CT molecular complexity index is 1010. The Labute approximate surface area is 145 Å². The molecule has 3 aromatic rings. The van der Waals surface area contributed by atoms with E-state index in [0.29, 0.717) is 0 Å². The molecule has 0 heterocycles. The van der Waals surface area contributed by atoms with Gasteiger partial charge in [0.05, 0.1) is 10.5 Å². The second-order valence-electron chi connectivity index (χ2n) is 5.39. The molecule has 0 bridgehead atoms. The number of carbonyl (C=O) groups is 1. The summed E-state index contributed by atoms with van der Waals surface area (Å²) < 4.78 is 27.6. The third-order valence-electron chi connectivity index (χ3n) is 3.61. The summed E-state index contributed by atoms with van der Waals surface area (Å²) in [6, 6.07) is 21.7. The number of anilines is 1. The lowest BCUT2D eigenvalue weighted by Crippen LogP contribution is -2.13. The zero-order valence-corrected chi connectivity index (χ0v) is 13.9. The molecule has 25 heavy (non-hydrogen) atoms. The Hall–Kier alpha value is -3.12. The van der Waals surface area contributed by atoms with Gasteiger partial charge in [-0.2, -0.15) is 0 Å². The second-order valence-corrected chi connectivity index (χ2v) is 7.07. The standard InChI is InChI=1S/C19H15NO4S/c21-19(22)16-9-4-10-17(12-16)20-25(23,24)18-11-5-8-15(13-18)14-6-2-1-3-7-14/h1-13,20H,(H,21,22). The van der Waals surface area contributed by atoms with Crippen LogP contribution in [0.2, 0.25) is 0 Å². The SMILES string of the molecule is O=C(O)c1cccc(NS(=O)(=O)c2cccc(-c3ccccc3)c2)c1. The van der Waals surface area contributed by atoms with Crippen LogP contribution < -0.4 is 4.72 Å². The lowest BCUT2D eigenvalue weighted by atomic mass is 10.1. The summed E-state index contributed by atoms with van der Waals surface area (Å²) in [6.07, 6.45) is 0. The van der Waals surface area contributed by atoms with E-state index in [9.17, 15) is 13.2 Å². The maximum atomic E-state index is 12.6. The molecule has 0 aromatic heterocycles. The average molecular weight is 353 g/mol. The summed E-state index contributed by atoms with van der Waals surface area (Å²) in [5, 5.41) is 9.01. The maximum absolute atomic E-state index is 12.6. The van der Waals surface area contributed by atoms with Crippen LogP contribution in [0.25, 0.3) is 11.1 Å². The highest BCUT2D eigenvalue weighted by Gasteiger charge is 2.16. The van der Waals surface area contributed by atoms with Crippen LogP contribution in [0.4, 0.5) is 5.69 Å². The van der Waals surface area contributed by atoms with Gasteiger partial charge in [0.25, 0.3) is 10.0 Å². The van der Waals surface area contributed by atoms with Gasteiger partial charge >= 0.3 is 5.97 Å². The van der Waals surface area contributed by atoms with E-state index in [4.69, 9.17) is 5.11 Å². The van der Waals surface area contributed by atoms with Crippen molar-refractivity contribution in [3.8, 4) is 11.1 Å². The van der Waals surface area contributed by atoms with Crippen molar-refractivity contribution < 1.29 is 18.3 Å². The summed E-state index contributed by atoms with van der Waals surface area (Å²) in [6.45, 7) is 0. The number of aromatic carboxylic acids is 1. The largest absolute Gasteiger partial charge is 0.478 e. The number of carboxylic acid groups (broad SMARTS) is 1. The predicted molar refractivity (Wildman–Crippen MR) is 96.1 cm³/mol. The third kappa shape index (κ3) is 3.87. The topological polar surface area (TPSA) is 83.5 Å². The molecule has 0 aliphatic carbocycles. The number of hydrogen-bond donors (Lipinski definition) is 2.